The number of carbonyl (C=O) groups is 2. The van der Waals surface area contributed by atoms with Crippen LogP contribution in [0.25, 0.3) is 0 Å². The summed E-state index contributed by atoms with van der Waals surface area (Å²) in [7, 11) is 0. The highest BCUT2D eigenvalue weighted by Crippen LogP contribution is 2.12. The molecule has 0 saturated carbocycles. The van der Waals surface area contributed by atoms with Crippen LogP contribution in [0.4, 0.5) is 0 Å². The third kappa shape index (κ3) is 4.59. The van der Waals surface area contributed by atoms with Crippen molar-refractivity contribution in [1.29, 1.82) is 5.26 Å². The normalized spacial score (nSPS) is 18.4. The van der Waals surface area contributed by atoms with Gasteiger partial charge in [-0.1, -0.05) is 6.07 Å². The van der Waals surface area contributed by atoms with E-state index >= 15 is 0 Å². The molecule has 0 atom stereocenters. The van der Waals surface area contributed by atoms with Gasteiger partial charge in [0.25, 0.3) is 5.91 Å². The Kier molecular flexibility index (Phi) is 6.21. The summed E-state index contributed by atoms with van der Waals surface area (Å²) in [5, 5.41) is 8.97. The maximum absolute atomic E-state index is 12.6. The predicted octanol–water partition coefficient (Wildman–Crippen LogP) is 0.565. The fourth-order valence-electron chi connectivity index (χ4n) is 3.30. The quantitative estimate of drug-likeness (QED) is 0.788. The van der Waals surface area contributed by atoms with Crippen LogP contribution in [0, 0.1) is 11.3 Å². The molecule has 2 heterocycles. The van der Waals surface area contributed by atoms with Crippen LogP contribution in [-0.4, -0.2) is 85.5 Å². The topological polar surface area (TPSA) is 76.9 Å². The van der Waals surface area contributed by atoms with Crippen LogP contribution in [0.2, 0.25) is 0 Å². The van der Waals surface area contributed by atoms with Crippen molar-refractivity contribution in [3.05, 3.63) is 35.4 Å². The van der Waals surface area contributed by atoms with E-state index in [-0.39, 0.29) is 11.8 Å². The van der Waals surface area contributed by atoms with Gasteiger partial charge in [0.2, 0.25) is 5.91 Å². The van der Waals surface area contributed by atoms with Crippen molar-refractivity contribution in [3.63, 3.8) is 0 Å². The van der Waals surface area contributed by atoms with Crippen LogP contribution in [0.5, 0.6) is 0 Å². The van der Waals surface area contributed by atoms with Crippen molar-refractivity contribution >= 4 is 11.8 Å². The first-order valence-corrected chi connectivity index (χ1v) is 9.04. The van der Waals surface area contributed by atoms with Gasteiger partial charge in [-0.2, -0.15) is 5.26 Å². The van der Waals surface area contributed by atoms with Gasteiger partial charge in [0.05, 0.1) is 24.8 Å². The number of benzene rings is 1. The average Bonchev–Trinajstić information content (AvgIpc) is 2.72. The lowest BCUT2D eigenvalue weighted by Gasteiger charge is -2.35. The molecule has 0 N–H and O–H groups in total. The molecule has 7 heteroatoms. The predicted molar refractivity (Wildman–Crippen MR) is 95.5 cm³/mol. The number of ether oxygens (including phenoxy) is 1. The molecule has 0 unspecified atom stereocenters. The number of nitriles is 1. The highest BCUT2D eigenvalue weighted by atomic mass is 16.5. The molecular formula is C19H24N4O3. The second-order valence-electron chi connectivity index (χ2n) is 6.57. The van der Waals surface area contributed by atoms with Gasteiger partial charge >= 0.3 is 0 Å². The summed E-state index contributed by atoms with van der Waals surface area (Å²) in [6, 6.07) is 8.79. The van der Waals surface area contributed by atoms with Gasteiger partial charge in [-0.25, -0.2) is 0 Å². The number of morpholine rings is 1. The van der Waals surface area contributed by atoms with Crippen LogP contribution < -0.4 is 0 Å². The minimum Gasteiger partial charge on any atom is -0.379 e. The van der Waals surface area contributed by atoms with Gasteiger partial charge in [-0.05, 0) is 18.2 Å². The van der Waals surface area contributed by atoms with Crippen LogP contribution in [0.1, 0.15) is 22.3 Å². The summed E-state index contributed by atoms with van der Waals surface area (Å²) >= 11 is 0. The van der Waals surface area contributed by atoms with Crippen LogP contribution in [0.3, 0.4) is 0 Å². The third-order valence-corrected chi connectivity index (χ3v) is 4.90. The van der Waals surface area contributed by atoms with E-state index in [1.165, 1.54) is 0 Å². The number of hydrogen-bond acceptors (Lipinski definition) is 5. The van der Waals surface area contributed by atoms with Gasteiger partial charge in [0.15, 0.2) is 0 Å². The van der Waals surface area contributed by atoms with Crippen molar-refractivity contribution < 1.29 is 14.3 Å². The van der Waals surface area contributed by atoms with Gasteiger partial charge in [-0.15, -0.1) is 0 Å². The fourth-order valence-corrected chi connectivity index (χ4v) is 3.30. The summed E-state index contributed by atoms with van der Waals surface area (Å²) in [6.45, 7) is 6.19. The Hall–Kier alpha value is -2.43. The SMILES string of the molecule is N#Cc1cccc(C(=O)N2CCN(C(=O)CCN3CCOCC3)CC2)c1. The van der Waals surface area contributed by atoms with E-state index in [9.17, 15) is 9.59 Å². The largest absolute Gasteiger partial charge is 0.379 e. The van der Waals surface area contributed by atoms with E-state index in [0.717, 1.165) is 32.8 Å². The number of hydrogen-bond donors (Lipinski definition) is 0. The number of amides is 2. The molecule has 0 aromatic heterocycles. The first kappa shape index (κ1) is 18.4. The highest BCUT2D eigenvalue weighted by molar-refractivity contribution is 5.94. The maximum Gasteiger partial charge on any atom is 0.254 e. The Bertz CT molecular complexity index is 686. The molecule has 26 heavy (non-hydrogen) atoms. The van der Waals surface area contributed by atoms with Crippen LogP contribution >= 0.6 is 0 Å². The summed E-state index contributed by atoms with van der Waals surface area (Å²) in [6.07, 6.45) is 0.512. The first-order chi connectivity index (χ1) is 12.7. The van der Waals surface area contributed by atoms with Crippen molar-refractivity contribution in [2.24, 2.45) is 0 Å². The molecule has 0 radical (unpaired) electrons. The Morgan fingerprint density at radius 2 is 1.73 bits per heavy atom. The van der Waals surface area contributed by atoms with Crippen molar-refractivity contribution in [2.45, 2.75) is 6.42 Å². The number of piperazine rings is 1. The van der Waals surface area contributed by atoms with Crippen molar-refractivity contribution in [3.8, 4) is 6.07 Å². The van der Waals surface area contributed by atoms with Gasteiger partial charge in [-0.3, -0.25) is 14.5 Å². The third-order valence-electron chi connectivity index (χ3n) is 4.90. The molecule has 1 aromatic rings. The molecule has 3 rings (SSSR count). The summed E-state index contributed by atoms with van der Waals surface area (Å²) in [5.74, 6) is 0.0672. The van der Waals surface area contributed by atoms with E-state index in [2.05, 4.69) is 11.0 Å². The molecule has 2 aliphatic heterocycles. The Labute approximate surface area is 153 Å². The first-order valence-electron chi connectivity index (χ1n) is 9.04. The lowest BCUT2D eigenvalue weighted by molar-refractivity contribution is -0.133. The second-order valence-corrected chi connectivity index (χ2v) is 6.57. The monoisotopic (exact) mass is 356 g/mol. The van der Waals surface area contributed by atoms with Crippen molar-refractivity contribution in [2.75, 3.05) is 59.0 Å². The highest BCUT2D eigenvalue weighted by Gasteiger charge is 2.25. The maximum atomic E-state index is 12.6. The summed E-state index contributed by atoms with van der Waals surface area (Å²) < 4.78 is 5.32. The molecule has 138 valence electrons. The van der Waals surface area contributed by atoms with Crippen LogP contribution in [-0.2, 0) is 9.53 Å². The standard InChI is InChI=1S/C19H24N4O3/c20-15-16-2-1-3-17(14-16)19(25)23-8-6-22(7-9-23)18(24)4-5-21-10-12-26-13-11-21/h1-3,14H,4-13H2. The molecule has 2 amide bonds. The lowest BCUT2D eigenvalue weighted by atomic mass is 10.1. The molecule has 0 bridgehead atoms. The Morgan fingerprint density at radius 3 is 2.42 bits per heavy atom. The Morgan fingerprint density at radius 1 is 1.04 bits per heavy atom. The van der Waals surface area contributed by atoms with Crippen molar-refractivity contribution in [1.82, 2.24) is 14.7 Å². The smallest absolute Gasteiger partial charge is 0.254 e. The minimum atomic E-state index is -0.0810. The fraction of sp³-hybridized carbons (Fsp3) is 0.526. The number of rotatable bonds is 4. The van der Waals surface area contributed by atoms with E-state index < -0.39 is 0 Å². The van der Waals surface area contributed by atoms with Gasteiger partial charge in [0.1, 0.15) is 0 Å². The molecule has 2 aliphatic rings. The molecule has 2 fully saturated rings. The lowest BCUT2D eigenvalue weighted by Crippen LogP contribution is -2.51. The zero-order valence-electron chi connectivity index (χ0n) is 14.9. The molecule has 7 nitrogen and oxygen atoms in total. The molecule has 0 aliphatic carbocycles. The minimum absolute atomic E-state index is 0.0810. The molecule has 2 saturated heterocycles. The average molecular weight is 356 g/mol. The second kappa shape index (κ2) is 8.79. The zero-order valence-corrected chi connectivity index (χ0v) is 14.9. The van der Waals surface area contributed by atoms with Gasteiger partial charge < -0.3 is 14.5 Å². The molecule has 0 spiro atoms. The zero-order chi connectivity index (χ0) is 18.4. The summed E-state index contributed by atoms with van der Waals surface area (Å²) in [4.78, 5) is 30.8. The molecular weight excluding hydrogens is 332 g/mol. The van der Waals surface area contributed by atoms with E-state index in [1.807, 2.05) is 4.90 Å². The van der Waals surface area contributed by atoms with Gasteiger partial charge in [0, 0.05) is 57.8 Å². The molecule has 1 aromatic carbocycles. The Balaban J connectivity index is 1.46. The van der Waals surface area contributed by atoms with E-state index in [0.29, 0.717) is 43.7 Å². The number of nitrogens with zero attached hydrogens (tertiary/aromatic N) is 4. The summed E-state index contributed by atoms with van der Waals surface area (Å²) in [5.41, 5.74) is 1.00. The van der Waals surface area contributed by atoms with E-state index in [1.54, 1.807) is 29.2 Å². The number of carbonyl (C=O) groups excluding carboxylic acids is 2. The van der Waals surface area contributed by atoms with Crippen LogP contribution in [0.15, 0.2) is 24.3 Å². The van der Waals surface area contributed by atoms with E-state index in [4.69, 9.17) is 10.00 Å².